The molecule has 90 valence electrons. The number of aliphatic hydroxyl groups excluding tert-OH is 1. The van der Waals surface area contributed by atoms with Crippen molar-refractivity contribution in [2.45, 2.75) is 20.5 Å². The summed E-state index contributed by atoms with van der Waals surface area (Å²) in [6.07, 6.45) is 3.49. The van der Waals surface area contributed by atoms with Gasteiger partial charge >= 0.3 is 0 Å². The zero-order valence-corrected chi connectivity index (χ0v) is 10.0. The first kappa shape index (κ1) is 12.9. The number of anilines is 1. The lowest BCUT2D eigenvalue weighted by molar-refractivity contribution is 0.154. The Morgan fingerprint density at radius 3 is 2.88 bits per heavy atom. The summed E-state index contributed by atoms with van der Waals surface area (Å²) in [5, 5.41) is 9.25. The van der Waals surface area contributed by atoms with Crippen LogP contribution in [-0.4, -0.2) is 36.4 Å². The van der Waals surface area contributed by atoms with Crippen molar-refractivity contribution in [2.75, 3.05) is 31.2 Å². The van der Waals surface area contributed by atoms with Gasteiger partial charge in [0.1, 0.15) is 0 Å². The van der Waals surface area contributed by atoms with Gasteiger partial charge < -0.3 is 14.7 Å². The topological polar surface area (TPSA) is 45.6 Å². The minimum absolute atomic E-state index is 0.0446. The van der Waals surface area contributed by atoms with E-state index in [0.29, 0.717) is 6.61 Å². The van der Waals surface area contributed by atoms with Crippen LogP contribution < -0.4 is 4.90 Å². The molecule has 0 aliphatic heterocycles. The molecule has 0 spiro atoms. The molecule has 0 atom stereocenters. The van der Waals surface area contributed by atoms with Crippen LogP contribution in [0.5, 0.6) is 0 Å². The lowest BCUT2D eigenvalue weighted by Crippen LogP contribution is -2.28. The van der Waals surface area contributed by atoms with E-state index >= 15 is 0 Å². The molecular formula is C12H20N2O2. The SMILES string of the molecule is CCOCCN(CC)c1cnccc1CO. The van der Waals surface area contributed by atoms with E-state index in [9.17, 15) is 5.11 Å². The Morgan fingerprint density at radius 2 is 2.25 bits per heavy atom. The fraction of sp³-hybridized carbons (Fsp3) is 0.583. The molecule has 0 radical (unpaired) electrons. The van der Waals surface area contributed by atoms with Crippen LogP contribution in [0.1, 0.15) is 19.4 Å². The molecule has 0 fully saturated rings. The maximum absolute atomic E-state index is 9.25. The molecule has 0 bridgehead atoms. The van der Waals surface area contributed by atoms with E-state index in [4.69, 9.17) is 4.74 Å². The molecule has 0 amide bonds. The zero-order chi connectivity index (χ0) is 11.8. The molecule has 0 aliphatic rings. The number of pyridine rings is 1. The molecule has 1 N–H and O–H groups in total. The monoisotopic (exact) mass is 224 g/mol. The van der Waals surface area contributed by atoms with E-state index in [1.165, 1.54) is 0 Å². The average Bonchev–Trinajstić information content (AvgIpc) is 2.35. The van der Waals surface area contributed by atoms with Gasteiger partial charge in [0, 0.05) is 31.5 Å². The smallest absolute Gasteiger partial charge is 0.0703 e. The number of aliphatic hydroxyl groups is 1. The van der Waals surface area contributed by atoms with Gasteiger partial charge in [0.05, 0.1) is 25.1 Å². The average molecular weight is 224 g/mol. The maximum atomic E-state index is 9.25. The number of hydrogen-bond acceptors (Lipinski definition) is 4. The number of ether oxygens (including phenoxy) is 1. The number of nitrogens with zero attached hydrogens (tertiary/aromatic N) is 2. The van der Waals surface area contributed by atoms with Crippen LogP contribution in [0.4, 0.5) is 5.69 Å². The van der Waals surface area contributed by atoms with Gasteiger partial charge in [0.2, 0.25) is 0 Å². The first-order valence-corrected chi connectivity index (χ1v) is 5.69. The van der Waals surface area contributed by atoms with Gasteiger partial charge in [0.15, 0.2) is 0 Å². The van der Waals surface area contributed by atoms with Crippen molar-refractivity contribution < 1.29 is 9.84 Å². The molecule has 1 aromatic heterocycles. The highest BCUT2D eigenvalue weighted by atomic mass is 16.5. The summed E-state index contributed by atoms with van der Waals surface area (Å²) in [6.45, 7) is 7.25. The van der Waals surface area contributed by atoms with Crippen LogP contribution in [0.2, 0.25) is 0 Å². The Hall–Kier alpha value is -1.13. The number of aromatic nitrogens is 1. The summed E-state index contributed by atoms with van der Waals surface area (Å²) in [6, 6.07) is 1.85. The second kappa shape index (κ2) is 7.19. The molecule has 16 heavy (non-hydrogen) atoms. The second-order valence-electron chi connectivity index (χ2n) is 3.44. The third kappa shape index (κ3) is 3.47. The summed E-state index contributed by atoms with van der Waals surface area (Å²) in [5.41, 5.74) is 1.90. The largest absolute Gasteiger partial charge is 0.392 e. The Balaban J connectivity index is 2.69. The van der Waals surface area contributed by atoms with Gasteiger partial charge in [-0.15, -0.1) is 0 Å². The molecule has 0 unspecified atom stereocenters. The molecular weight excluding hydrogens is 204 g/mol. The van der Waals surface area contributed by atoms with E-state index in [0.717, 1.165) is 30.9 Å². The zero-order valence-electron chi connectivity index (χ0n) is 10.0. The second-order valence-corrected chi connectivity index (χ2v) is 3.44. The third-order valence-corrected chi connectivity index (χ3v) is 2.49. The minimum Gasteiger partial charge on any atom is -0.392 e. The van der Waals surface area contributed by atoms with Crippen molar-refractivity contribution in [3.63, 3.8) is 0 Å². The molecule has 0 aliphatic carbocycles. The van der Waals surface area contributed by atoms with Crippen LogP contribution in [0, 0.1) is 0 Å². The Kier molecular flexibility index (Phi) is 5.82. The molecule has 0 saturated carbocycles. The highest BCUT2D eigenvalue weighted by molar-refractivity contribution is 5.51. The van der Waals surface area contributed by atoms with Gasteiger partial charge in [-0.3, -0.25) is 4.98 Å². The Labute approximate surface area is 96.9 Å². The first-order chi connectivity index (χ1) is 7.83. The minimum atomic E-state index is 0.0446. The molecule has 0 saturated heterocycles. The highest BCUT2D eigenvalue weighted by Crippen LogP contribution is 2.18. The van der Waals surface area contributed by atoms with Crippen molar-refractivity contribution in [3.8, 4) is 0 Å². The fourth-order valence-corrected chi connectivity index (χ4v) is 1.60. The summed E-state index contributed by atoms with van der Waals surface area (Å²) in [5.74, 6) is 0. The third-order valence-electron chi connectivity index (χ3n) is 2.49. The predicted octanol–water partition coefficient (Wildman–Crippen LogP) is 1.44. The molecule has 4 heteroatoms. The quantitative estimate of drug-likeness (QED) is 0.712. The molecule has 0 aromatic carbocycles. The normalized spacial score (nSPS) is 10.4. The molecule has 1 heterocycles. The summed E-state index contributed by atoms with van der Waals surface area (Å²) in [4.78, 5) is 6.26. The van der Waals surface area contributed by atoms with Crippen LogP contribution >= 0.6 is 0 Å². The summed E-state index contributed by atoms with van der Waals surface area (Å²) in [7, 11) is 0. The predicted molar refractivity (Wildman–Crippen MR) is 64.5 cm³/mol. The lowest BCUT2D eigenvalue weighted by atomic mass is 10.2. The van der Waals surface area contributed by atoms with Crippen LogP contribution in [0.25, 0.3) is 0 Å². The van der Waals surface area contributed by atoms with Crippen LogP contribution in [0.15, 0.2) is 18.5 Å². The van der Waals surface area contributed by atoms with Gasteiger partial charge in [-0.1, -0.05) is 0 Å². The van der Waals surface area contributed by atoms with Gasteiger partial charge in [0.25, 0.3) is 0 Å². The highest BCUT2D eigenvalue weighted by Gasteiger charge is 2.08. The van der Waals surface area contributed by atoms with Gasteiger partial charge in [-0.05, 0) is 19.9 Å². The fourth-order valence-electron chi connectivity index (χ4n) is 1.60. The van der Waals surface area contributed by atoms with Gasteiger partial charge in [-0.2, -0.15) is 0 Å². The number of hydrogen-bond donors (Lipinski definition) is 1. The number of likely N-dealkylation sites (N-methyl/N-ethyl adjacent to an activating group) is 1. The van der Waals surface area contributed by atoms with Crippen LogP contribution in [0.3, 0.4) is 0 Å². The summed E-state index contributed by atoms with van der Waals surface area (Å²) < 4.78 is 5.34. The van der Waals surface area contributed by atoms with E-state index in [1.54, 1.807) is 12.4 Å². The summed E-state index contributed by atoms with van der Waals surface area (Å²) >= 11 is 0. The van der Waals surface area contributed by atoms with E-state index in [-0.39, 0.29) is 6.61 Å². The van der Waals surface area contributed by atoms with Gasteiger partial charge in [-0.25, -0.2) is 0 Å². The van der Waals surface area contributed by atoms with E-state index < -0.39 is 0 Å². The number of rotatable bonds is 7. The molecule has 1 aromatic rings. The Bertz CT molecular complexity index is 305. The Morgan fingerprint density at radius 1 is 1.44 bits per heavy atom. The van der Waals surface area contributed by atoms with Crippen molar-refractivity contribution in [2.24, 2.45) is 0 Å². The molecule has 1 rings (SSSR count). The van der Waals surface area contributed by atoms with Crippen molar-refractivity contribution in [1.29, 1.82) is 0 Å². The van der Waals surface area contributed by atoms with Crippen LogP contribution in [-0.2, 0) is 11.3 Å². The van der Waals surface area contributed by atoms with Crippen molar-refractivity contribution in [3.05, 3.63) is 24.0 Å². The van der Waals surface area contributed by atoms with Crippen molar-refractivity contribution >= 4 is 5.69 Å². The maximum Gasteiger partial charge on any atom is 0.0703 e. The standard InChI is InChI=1S/C12H20N2O2/c1-3-14(7-8-16-4-2)12-9-13-6-5-11(12)10-15/h5-6,9,15H,3-4,7-8,10H2,1-2H3. The molecule has 4 nitrogen and oxygen atoms in total. The first-order valence-electron chi connectivity index (χ1n) is 5.69. The van der Waals surface area contributed by atoms with E-state index in [1.807, 2.05) is 13.0 Å². The van der Waals surface area contributed by atoms with E-state index in [2.05, 4.69) is 16.8 Å². The van der Waals surface area contributed by atoms with Crippen molar-refractivity contribution in [1.82, 2.24) is 4.98 Å². The lowest BCUT2D eigenvalue weighted by Gasteiger charge is -2.24.